The number of hydrogen-bond acceptors (Lipinski definition) is 2. The van der Waals surface area contributed by atoms with Crippen molar-refractivity contribution >= 4 is 38.6 Å². The zero-order valence-corrected chi connectivity index (χ0v) is 9.82. The second-order valence-electron chi connectivity index (χ2n) is 2.85. The minimum Gasteiger partial charge on any atom is -0.275 e. The Bertz CT molecular complexity index is 450. The molecule has 0 bridgehead atoms. The SMILES string of the molecule is CSc1cc(Br)cc2cn(C)nc12. The average molecular weight is 257 g/mol. The second kappa shape index (κ2) is 3.35. The first-order chi connectivity index (χ1) is 6.20. The molecule has 0 radical (unpaired) electrons. The molecule has 0 unspecified atom stereocenters. The molecule has 4 heteroatoms. The Morgan fingerprint density at radius 3 is 2.92 bits per heavy atom. The highest BCUT2D eigenvalue weighted by atomic mass is 79.9. The molecule has 0 spiro atoms. The van der Waals surface area contributed by atoms with Crippen molar-refractivity contribution in [3.05, 3.63) is 22.8 Å². The van der Waals surface area contributed by atoms with E-state index in [0.29, 0.717) is 0 Å². The summed E-state index contributed by atoms with van der Waals surface area (Å²) in [5, 5.41) is 5.58. The van der Waals surface area contributed by atoms with Crippen molar-refractivity contribution in [1.29, 1.82) is 0 Å². The van der Waals surface area contributed by atoms with E-state index in [0.717, 1.165) is 9.99 Å². The van der Waals surface area contributed by atoms with Crippen LogP contribution in [0.3, 0.4) is 0 Å². The molecule has 0 aliphatic rings. The number of aromatic nitrogens is 2. The van der Waals surface area contributed by atoms with E-state index >= 15 is 0 Å². The molecule has 0 N–H and O–H groups in total. The first kappa shape index (κ1) is 9.09. The maximum Gasteiger partial charge on any atom is 0.106 e. The largest absolute Gasteiger partial charge is 0.275 e. The fourth-order valence-corrected chi connectivity index (χ4v) is 2.57. The van der Waals surface area contributed by atoms with E-state index in [1.54, 1.807) is 11.8 Å². The van der Waals surface area contributed by atoms with E-state index in [9.17, 15) is 0 Å². The summed E-state index contributed by atoms with van der Waals surface area (Å²) in [7, 11) is 1.94. The van der Waals surface area contributed by atoms with Crippen molar-refractivity contribution in [3.63, 3.8) is 0 Å². The van der Waals surface area contributed by atoms with Gasteiger partial charge in [0.2, 0.25) is 0 Å². The molecule has 0 amide bonds. The predicted molar refractivity (Wildman–Crippen MR) is 60.2 cm³/mol. The number of benzene rings is 1. The van der Waals surface area contributed by atoms with Gasteiger partial charge in [0.15, 0.2) is 0 Å². The maximum atomic E-state index is 4.40. The van der Waals surface area contributed by atoms with Crippen LogP contribution < -0.4 is 0 Å². The van der Waals surface area contributed by atoms with Crippen LogP contribution in [0.25, 0.3) is 10.9 Å². The molecule has 13 heavy (non-hydrogen) atoms. The monoisotopic (exact) mass is 256 g/mol. The fraction of sp³-hybridized carbons (Fsp3) is 0.222. The van der Waals surface area contributed by atoms with Crippen LogP contribution in [0.1, 0.15) is 0 Å². The molecule has 1 heterocycles. The minimum absolute atomic E-state index is 1.08. The van der Waals surface area contributed by atoms with Crippen LogP contribution in [0, 0.1) is 0 Å². The summed E-state index contributed by atoms with van der Waals surface area (Å²) in [5.41, 5.74) is 1.08. The van der Waals surface area contributed by atoms with Gasteiger partial charge in [-0.3, -0.25) is 4.68 Å². The number of thioether (sulfide) groups is 1. The van der Waals surface area contributed by atoms with E-state index in [-0.39, 0.29) is 0 Å². The molecule has 2 nitrogen and oxygen atoms in total. The lowest BCUT2D eigenvalue weighted by molar-refractivity contribution is 0.777. The van der Waals surface area contributed by atoms with Gasteiger partial charge in [0.25, 0.3) is 0 Å². The number of rotatable bonds is 1. The van der Waals surface area contributed by atoms with Gasteiger partial charge in [-0.1, -0.05) is 15.9 Å². The molecule has 1 aromatic heterocycles. The molecule has 0 aliphatic carbocycles. The van der Waals surface area contributed by atoms with Crippen LogP contribution in [-0.4, -0.2) is 16.0 Å². The number of halogens is 1. The van der Waals surface area contributed by atoms with E-state index in [2.05, 4.69) is 39.4 Å². The van der Waals surface area contributed by atoms with E-state index in [4.69, 9.17) is 0 Å². The molecule has 1 aromatic carbocycles. The Morgan fingerprint density at radius 1 is 1.46 bits per heavy atom. The number of aryl methyl sites for hydroxylation is 1. The highest BCUT2D eigenvalue weighted by molar-refractivity contribution is 9.10. The van der Waals surface area contributed by atoms with Crippen LogP contribution >= 0.6 is 27.7 Å². The molecule has 68 valence electrons. The molecule has 2 rings (SSSR count). The van der Waals surface area contributed by atoms with Gasteiger partial charge in [-0.2, -0.15) is 5.10 Å². The van der Waals surface area contributed by atoms with Crippen LogP contribution in [0.15, 0.2) is 27.7 Å². The van der Waals surface area contributed by atoms with Gasteiger partial charge in [-0.25, -0.2) is 0 Å². The van der Waals surface area contributed by atoms with Crippen LogP contribution in [0.4, 0.5) is 0 Å². The van der Waals surface area contributed by atoms with Gasteiger partial charge in [0, 0.05) is 28.0 Å². The second-order valence-corrected chi connectivity index (χ2v) is 4.61. The lowest BCUT2D eigenvalue weighted by atomic mass is 10.3. The van der Waals surface area contributed by atoms with Gasteiger partial charge in [-0.05, 0) is 18.4 Å². The number of hydrogen-bond donors (Lipinski definition) is 0. The molecule has 0 aliphatic heterocycles. The topological polar surface area (TPSA) is 17.8 Å². The fourth-order valence-electron chi connectivity index (χ4n) is 1.34. The summed E-state index contributed by atoms with van der Waals surface area (Å²) < 4.78 is 2.95. The van der Waals surface area contributed by atoms with Gasteiger partial charge in [0.05, 0.1) is 0 Å². The standard InChI is InChI=1S/C9H9BrN2S/c1-12-5-6-3-7(10)4-8(13-2)9(6)11-12/h3-5H,1-2H3. The zero-order chi connectivity index (χ0) is 9.42. The maximum absolute atomic E-state index is 4.40. The summed E-state index contributed by atoms with van der Waals surface area (Å²) in [5.74, 6) is 0. The molecule has 0 atom stereocenters. The Balaban J connectivity index is 2.80. The molecule has 0 saturated carbocycles. The molecule has 0 saturated heterocycles. The molecular weight excluding hydrogens is 248 g/mol. The molecule has 0 fully saturated rings. The van der Waals surface area contributed by atoms with Crippen molar-refractivity contribution in [1.82, 2.24) is 9.78 Å². The summed E-state index contributed by atoms with van der Waals surface area (Å²) in [6.07, 6.45) is 4.09. The summed E-state index contributed by atoms with van der Waals surface area (Å²) in [6, 6.07) is 4.18. The normalized spacial score (nSPS) is 11.0. The van der Waals surface area contributed by atoms with Gasteiger partial charge in [-0.15, -0.1) is 11.8 Å². The van der Waals surface area contributed by atoms with Crippen LogP contribution in [-0.2, 0) is 7.05 Å². The Hall–Kier alpha value is -0.480. The van der Waals surface area contributed by atoms with Crippen molar-refractivity contribution in [2.75, 3.05) is 6.26 Å². The van der Waals surface area contributed by atoms with Gasteiger partial charge >= 0.3 is 0 Å². The lowest BCUT2D eigenvalue weighted by Crippen LogP contribution is -1.85. The number of fused-ring (bicyclic) bond motifs is 1. The Labute approximate surface area is 89.4 Å². The Kier molecular flexibility index (Phi) is 2.34. The third-order valence-electron chi connectivity index (χ3n) is 1.87. The summed E-state index contributed by atoms with van der Waals surface area (Å²) in [4.78, 5) is 1.21. The third-order valence-corrected chi connectivity index (χ3v) is 3.08. The minimum atomic E-state index is 1.08. The van der Waals surface area contributed by atoms with E-state index in [1.165, 1.54) is 10.3 Å². The Morgan fingerprint density at radius 2 is 2.23 bits per heavy atom. The van der Waals surface area contributed by atoms with Crippen molar-refractivity contribution < 1.29 is 0 Å². The van der Waals surface area contributed by atoms with Crippen molar-refractivity contribution in [2.45, 2.75) is 4.90 Å². The van der Waals surface area contributed by atoms with E-state index in [1.807, 2.05) is 17.9 Å². The van der Waals surface area contributed by atoms with E-state index < -0.39 is 0 Å². The van der Waals surface area contributed by atoms with Gasteiger partial charge < -0.3 is 0 Å². The average Bonchev–Trinajstić information content (AvgIpc) is 2.43. The highest BCUT2D eigenvalue weighted by Crippen LogP contribution is 2.28. The highest BCUT2D eigenvalue weighted by Gasteiger charge is 2.05. The lowest BCUT2D eigenvalue weighted by Gasteiger charge is -1.97. The first-order valence-electron chi connectivity index (χ1n) is 3.87. The zero-order valence-electron chi connectivity index (χ0n) is 7.41. The predicted octanol–water partition coefficient (Wildman–Crippen LogP) is 3.06. The first-order valence-corrected chi connectivity index (χ1v) is 5.89. The van der Waals surface area contributed by atoms with Crippen LogP contribution in [0.2, 0.25) is 0 Å². The quantitative estimate of drug-likeness (QED) is 0.731. The third kappa shape index (κ3) is 1.60. The van der Waals surface area contributed by atoms with Crippen molar-refractivity contribution in [2.24, 2.45) is 7.05 Å². The number of nitrogens with zero attached hydrogens (tertiary/aromatic N) is 2. The molecular formula is C9H9BrN2S. The molecule has 2 aromatic rings. The smallest absolute Gasteiger partial charge is 0.106 e. The van der Waals surface area contributed by atoms with Crippen molar-refractivity contribution in [3.8, 4) is 0 Å². The summed E-state index contributed by atoms with van der Waals surface area (Å²) >= 11 is 5.20. The van der Waals surface area contributed by atoms with Crippen LogP contribution in [0.5, 0.6) is 0 Å². The summed E-state index contributed by atoms with van der Waals surface area (Å²) in [6.45, 7) is 0. The van der Waals surface area contributed by atoms with Gasteiger partial charge in [0.1, 0.15) is 5.52 Å².